The summed E-state index contributed by atoms with van der Waals surface area (Å²) in [6.45, 7) is 5.05. The molecule has 0 amide bonds. The van der Waals surface area contributed by atoms with Crippen LogP contribution in [0, 0.1) is 0 Å². The van der Waals surface area contributed by atoms with Crippen LogP contribution in [0.4, 0.5) is 5.69 Å². The maximum atomic E-state index is 12.9. The van der Waals surface area contributed by atoms with E-state index in [1.54, 1.807) is 9.95 Å². The third-order valence-corrected chi connectivity index (χ3v) is 6.93. The summed E-state index contributed by atoms with van der Waals surface area (Å²) in [6.07, 6.45) is 0.322. The van der Waals surface area contributed by atoms with Crippen molar-refractivity contribution < 1.29 is 4.79 Å². The minimum absolute atomic E-state index is 0.0258. The third kappa shape index (κ3) is 3.12. The molecule has 1 fully saturated rings. The monoisotopic (exact) mass is 410 g/mol. The van der Waals surface area contributed by atoms with Crippen molar-refractivity contribution in [3.8, 4) is 0 Å². The number of hydrogen-bond acceptors (Lipinski definition) is 6. The molecule has 3 aromatic rings. The summed E-state index contributed by atoms with van der Waals surface area (Å²) in [5.74, 6) is 0.0258. The Bertz CT molecular complexity index is 1190. The largest absolute Gasteiger partial charge is 0.369 e. The lowest BCUT2D eigenvalue weighted by atomic mass is 10.1. The van der Waals surface area contributed by atoms with E-state index in [1.165, 1.54) is 21.6 Å². The van der Waals surface area contributed by atoms with Gasteiger partial charge in [0.15, 0.2) is 5.78 Å². The Morgan fingerprint density at radius 1 is 0.897 bits per heavy atom. The van der Waals surface area contributed by atoms with Crippen molar-refractivity contribution in [3.63, 3.8) is 0 Å². The van der Waals surface area contributed by atoms with Crippen molar-refractivity contribution in [3.05, 3.63) is 61.4 Å². The molecule has 0 unspecified atom stereocenters. The number of piperazine rings is 1. The van der Waals surface area contributed by atoms with Crippen LogP contribution >= 0.6 is 11.3 Å². The van der Waals surface area contributed by atoms with Gasteiger partial charge < -0.3 is 4.90 Å². The lowest BCUT2D eigenvalue weighted by Crippen LogP contribution is -2.49. The molecule has 5 rings (SSSR count). The second kappa shape index (κ2) is 7.27. The Morgan fingerprint density at radius 2 is 1.66 bits per heavy atom. The van der Waals surface area contributed by atoms with Gasteiger partial charge in [-0.25, -0.2) is 4.79 Å². The van der Waals surface area contributed by atoms with Gasteiger partial charge in [0.1, 0.15) is 0 Å². The van der Waals surface area contributed by atoms with Crippen LogP contribution in [0.3, 0.4) is 0 Å². The molecule has 150 valence electrons. The first-order chi connectivity index (χ1) is 14.1. The van der Waals surface area contributed by atoms with Crippen molar-refractivity contribution >= 4 is 33.7 Å². The van der Waals surface area contributed by atoms with Gasteiger partial charge in [-0.3, -0.25) is 23.6 Å². The van der Waals surface area contributed by atoms with Crippen molar-refractivity contribution in [2.75, 3.05) is 37.6 Å². The minimum atomic E-state index is -0.294. The van der Waals surface area contributed by atoms with Crippen LogP contribution < -0.4 is 16.1 Å². The minimum Gasteiger partial charge on any atom is -0.369 e. The van der Waals surface area contributed by atoms with Gasteiger partial charge in [-0.2, -0.15) is 0 Å². The molecule has 1 aromatic carbocycles. The van der Waals surface area contributed by atoms with Crippen LogP contribution in [0.15, 0.2) is 45.3 Å². The number of thiophene rings is 1. The van der Waals surface area contributed by atoms with E-state index in [1.807, 2.05) is 18.2 Å². The zero-order valence-electron chi connectivity index (χ0n) is 16.0. The van der Waals surface area contributed by atoms with Gasteiger partial charge in [0.05, 0.1) is 15.8 Å². The van der Waals surface area contributed by atoms with E-state index in [-0.39, 0.29) is 17.0 Å². The molecule has 0 N–H and O–H groups in total. The normalized spacial score (nSPS) is 17.2. The van der Waals surface area contributed by atoms with Gasteiger partial charge in [-0.1, -0.05) is 18.2 Å². The molecule has 0 spiro atoms. The van der Waals surface area contributed by atoms with E-state index < -0.39 is 0 Å². The maximum Gasteiger partial charge on any atom is 0.331 e. The number of nitrogens with zero attached hydrogens (tertiary/aromatic N) is 4. The van der Waals surface area contributed by atoms with Gasteiger partial charge in [-0.15, -0.1) is 11.3 Å². The van der Waals surface area contributed by atoms with Gasteiger partial charge in [0.2, 0.25) is 0 Å². The van der Waals surface area contributed by atoms with Crippen LogP contribution in [0.25, 0.3) is 10.9 Å². The lowest BCUT2D eigenvalue weighted by Gasteiger charge is -2.36. The summed E-state index contributed by atoms with van der Waals surface area (Å²) >= 11 is 1.27. The van der Waals surface area contributed by atoms with Crippen LogP contribution in [0.2, 0.25) is 0 Å². The fraction of sp³-hybridized carbons (Fsp3) is 0.381. The van der Waals surface area contributed by atoms with Crippen LogP contribution in [0.5, 0.6) is 0 Å². The van der Waals surface area contributed by atoms with Crippen molar-refractivity contribution in [2.45, 2.75) is 19.5 Å². The number of aromatic nitrogens is 2. The number of hydrogen-bond donors (Lipinski definition) is 0. The number of benzene rings is 1. The molecule has 0 radical (unpaired) electrons. The number of aryl methyl sites for hydroxylation is 1. The van der Waals surface area contributed by atoms with Gasteiger partial charge in [0, 0.05) is 63.3 Å². The third-order valence-electron chi connectivity index (χ3n) is 5.92. The molecule has 0 saturated carbocycles. The molecule has 7 nitrogen and oxygen atoms in total. The molecule has 2 aliphatic rings. The van der Waals surface area contributed by atoms with E-state index in [4.69, 9.17) is 0 Å². The number of ketones is 1. The van der Waals surface area contributed by atoms with Crippen LogP contribution in [-0.4, -0.2) is 52.5 Å². The summed E-state index contributed by atoms with van der Waals surface area (Å²) in [5.41, 5.74) is 1.20. The first kappa shape index (κ1) is 18.3. The van der Waals surface area contributed by atoms with Gasteiger partial charge in [-0.05, 0) is 12.1 Å². The highest BCUT2D eigenvalue weighted by Gasteiger charge is 2.26. The Balaban J connectivity index is 1.33. The average molecular weight is 410 g/mol. The molecule has 8 heteroatoms. The number of rotatable bonds is 4. The lowest BCUT2D eigenvalue weighted by molar-refractivity contribution is 0.0976. The summed E-state index contributed by atoms with van der Waals surface area (Å²) in [5, 5.41) is 2.22. The highest BCUT2D eigenvalue weighted by Crippen LogP contribution is 2.27. The summed E-state index contributed by atoms with van der Waals surface area (Å²) in [7, 11) is 0. The number of carbonyl (C=O) groups excluding carboxylic acids is 1. The SMILES string of the molecule is O=C1CCn2c(=O)n(CCN3CCN(c4ccccc4)CC3)c(=O)c3csc1c32. The first-order valence-corrected chi connectivity index (χ1v) is 10.8. The molecule has 0 atom stereocenters. The van der Waals surface area contributed by atoms with Crippen molar-refractivity contribution in [2.24, 2.45) is 0 Å². The van der Waals surface area contributed by atoms with E-state index in [9.17, 15) is 14.4 Å². The number of carbonyl (C=O) groups is 1. The molecule has 2 aromatic heterocycles. The standard InChI is InChI=1S/C21H22N4O3S/c26-17-6-7-24-18-16(14-29-19(17)18)20(27)25(21(24)28)13-10-22-8-11-23(12-9-22)15-4-2-1-3-5-15/h1-5,14H,6-13H2. The highest BCUT2D eigenvalue weighted by molar-refractivity contribution is 7.13. The van der Waals surface area contributed by atoms with Crippen molar-refractivity contribution in [1.82, 2.24) is 14.0 Å². The fourth-order valence-electron chi connectivity index (χ4n) is 4.28. The van der Waals surface area contributed by atoms with Crippen molar-refractivity contribution in [1.29, 1.82) is 0 Å². The molecular weight excluding hydrogens is 388 g/mol. The van der Waals surface area contributed by atoms with Gasteiger partial charge in [0.25, 0.3) is 5.56 Å². The zero-order chi connectivity index (χ0) is 20.0. The quantitative estimate of drug-likeness (QED) is 0.654. The van der Waals surface area contributed by atoms with E-state index in [0.29, 0.717) is 41.8 Å². The number of Topliss-reactive ketones (excluding diaryl/α,β-unsaturated/α-hetero) is 1. The highest BCUT2D eigenvalue weighted by atomic mass is 32.1. The summed E-state index contributed by atoms with van der Waals surface area (Å²) in [6, 6.07) is 10.4. The second-order valence-electron chi connectivity index (χ2n) is 7.56. The van der Waals surface area contributed by atoms with Gasteiger partial charge >= 0.3 is 5.69 Å². The Kier molecular flexibility index (Phi) is 4.60. The molecule has 1 saturated heterocycles. The molecule has 0 aliphatic carbocycles. The van der Waals surface area contributed by atoms with E-state index >= 15 is 0 Å². The summed E-state index contributed by atoms with van der Waals surface area (Å²) in [4.78, 5) is 43.1. The topological polar surface area (TPSA) is 67.6 Å². The van der Waals surface area contributed by atoms with Crippen LogP contribution in [-0.2, 0) is 13.1 Å². The predicted octanol–water partition coefficient (Wildman–Crippen LogP) is 1.63. The zero-order valence-corrected chi connectivity index (χ0v) is 16.9. The number of anilines is 1. The Hall–Kier alpha value is -2.71. The summed E-state index contributed by atoms with van der Waals surface area (Å²) < 4.78 is 2.95. The first-order valence-electron chi connectivity index (χ1n) is 9.94. The molecule has 0 bridgehead atoms. The molecular formula is C21H22N4O3S. The number of para-hydroxylation sites is 1. The fourth-order valence-corrected chi connectivity index (χ4v) is 5.30. The molecule has 4 heterocycles. The molecule has 2 aliphatic heterocycles. The predicted molar refractivity (Wildman–Crippen MR) is 114 cm³/mol. The molecule has 29 heavy (non-hydrogen) atoms. The smallest absolute Gasteiger partial charge is 0.331 e. The average Bonchev–Trinajstić information content (AvgIpc) is 3.21. The van der Waals surface area contributed by atoms with Crippen LogP contribution in [0.1, 0.15) is 16.1 Å². The Morgan fingerprint density at radius 3 is 2.41 bits per heavy atom. The van der Waals surface area contributed by atoms with E-state index in [0.717, 1.165) is 26.2 Å². The Labute approximate surface area is 171 Å². The maximum absolute atomic E-state index is 12.9. The van der Waals surface area contributed by atoms with E-state index in [2.05, 4.69) is 21.9 Å². The second-order valence-corrected chi connectivity index (χ2v) is 8.44.